The normalized spacial score (nSPS) is 14.1. The number of carbonyl (C=O) groups excluding carboxylic acids is 1. The summed E-state index contributed by atoms with van der Waals surface area (Å²) in [4.78, 5) is 19.7. The highest BCUT2D eigenvalue weighted by atomic mass is 32.2. The highest BCUT2D eigenvalue weighted by Gasteiger charge is 2.22. The van der Waals surface area contributed by atoms with E-state index in [1.165, 1.54) is 31.4 Å². The SMILES string of the molecule is COc1c(NC2CCN(Cc3ccc(Oc4ccc(NS(C)(=O)=O)cc4)nc3)CC2)cccc1C(=O)Nc1ccc(F)cc1. The van der Waals surface area contributed by atoms with E-state index in [0.29, 0.717) is 34.3 Å². The fraction of sp³-hybridized carbons (Fsp3) is 0.250. The van der Waals surface area contributed by atoms with Gasteiger partial charge in [0.1, 0.15) is 11.6 Å². The molecule has 3 aromatic carbocycles. The number of methoxy groups -OCH3 is 1. The average molecular weight is 620 g/mol. The fourth-order valence-electron chi connectivity index (χ4n) is 4.99. The number of rotatable bonds is 11. The smallest absolute Gasteiger partial charge is 0.259 e. The Hall–Kier alpha value is -4.68. The zero-order chi connectivity index (χ0) is 31.1. The summed E-state index contributed by atoms with van der Waals surface area (Å²) in [7, 11) is -1.80. The van der Waals surface area contributed by atoms with Crippen LogP contribution >= 0.6 is 0 Å². The number of hydrogen-bond acceptors (Lipinski definition) is 8. The summed E-state index contributed by atoms with van der Waals surface area (Å²) in [6, 6.07) is 21.6. The number of pyridine rings is 1. The minimum Gasteiger partial charge on any atom is -0.494 e. The third-order valence-electron chi connectivity index (χ3n) is 7.10. The molecular formula is C32H34FN5O5S. The number of nitrogens with zero attached hydrogens (tertiary/aromatic N) is 2. The summed E-state index contributed by atoms with van der Waals surface area (Å²) in [5.41, 5.74) is 3.16. The summed E-state index contributed by atoms with van der Waals surface area (Å²) in [5, 5.41) is 6.34. The van der Waals surface area contributed by atoms with Crippen molar-refractivity contribution in [2.45, 2.75) is 25.4 Å². The number of benzene rings is 3. The van der Waals surface area contributed by atoms with Crippen LogP contribution in [-0.2, 0) is 16.6 Å². The number of ether oxygens (including phenoxy) is 2. The number of aromatic nitrogens is 1. The number of carbonyl (C=O) groups is 1. The van der Waals surface area contributed by atoms with Crippen LogP contribution in [-0.4, -0.2) is 56.7 Å². The van der Waals surface area contributed by atoms with Crippen molar-refractivity contribution >= 4 is 33.0 Å². The number of anilines is 3. The predicted octanol–water partition coefficient (Wildman–Crippen LogP) is 5.72. The van der Waals surface area contributed by atoms with Gasteiger partial charge in [0.15, 0.2) is 5.75 Å². The van der Waals surface area contributed by atoms with Crippen LogP contribution in [0, 0.1) is 5.82 Å². The maximum atomic E-state index is 13.2. The van der Waals surface area contributed by atoms with Gasteiger partial charge in [0.05, 0.1) is 24.6 Å². The van der Waals surface area contributed by atoms with Crippen molar-refractivity contribution in [2.75, 3.05) is 41.8 Å². The van der Waals surface area contributed by atoms with Crippen molar-refractivity contribution in [3.63, 3.8) is 0 Å². The van der Waals surface area contributed by atoms with Crippen LogP contribution < -0.4 is 24.8 Å². The molecule has 2 heterocycles. The van der Waals surface area contributed by atoms with Gasteiger partial charge in [-0.3, -0.25) is 14.4 Å². The lowest BCUT2D eigenvalue weighted by atomic mass is 10.0. The summed E-state index contributed by atoms with van der Waals surface area (Å²) in [6.07, 6.45) is 4.72. The highest BCUT2D eigenvalue weighted by molar-refractivity contribution is 7.92. The quantitative estimate of drug-likeness (QED) is 0.195. The molecule has 0 saturated carbocycles. The second-order valence-corrected chi connectivity index (χ2v) is 12.3. The molecule has 0 atom stereocenters. The van der Waals surface area contributed by atoms with Gasteiger partial charge in [-0.1, -0.05) is 12.1 Å². The van der Waals surface area contributed by atoms with Gasteiger partial charge >= 0.3 is 0 Å². The summed E-state index contributed by atoms with van der Waals surface area (Å²) in [6.45, 7) is 2.53. The Labute approximate surface area is 256 Å². The van der Waals surface area contributed by atoms with Gasteiger partial charge in [-0.15, -0.1) is 0 Å². The minimum atomic E-state index is -3.34. The Morgan fingerprint density at radius 1 is 0.977 bits per heavy atom. The Kier molecular flexibility index (Phi) is 9.61. The molecule has 1 aliphatic heterocycles. The second kappa shape index (κ2) is 13.7. The van der Waals surface area contributed by atoms with Gasteiger partial charge in [0.25, 0.3) is 5.91 Å². The van der Waals surface area contributed by atoms with E-state index in [9.17, 15) is 17.6 Å². The zero-order valence-electron chi connectivity index (χ0n) is 24.4. The largest absolute Gasteiger partial charge is 0.494 e. The minimum absolute atomic E-state index is 0.212. The number of likely N-dealkylation sites (tertiary alicyclic amines) is 1. The number of amides is 1. The molecule has 1 aliphatic rings. The first-order valence-corrected chi connectivity index (χ1v) is 16.0. The summed E-state index contributed by atoms with van der Waals surface area (Å²) < 4.78 is 49.8. The van der Waals surface area contributed by atoms with Crippen LogP contribution in [0.3, 0.4) is 0 Å². The number of para-hydroxylation sites is 1. The zero-order valence-corrected chi connectivity index (χ0v) is 25.2. The topological polar surface area (TPSA) is 122 Å². The molecule has 10 nitrogen and oxygen atoms in total. The highest BCUT2D eigenvalue weighted by Crippen LogP contribution is 2.31. The molecule has 230 valence electrons. The van der Waals surface area contributed by atoms with Crippen molar-refractivity contribution in [1.82, 2.24) is 9.88 Å². The van der Waals surface area contributed by atoms with E-state index < -0.39 is 10.0 Å². The molecular weight excluding hydrogens is 585 g/mol. The van der Waals surface area contributed by atoms with E-state index in [-0.39, 0.29) is 17.8 Å². The molecule has 0 unspecified atom stereocenters. The van der Waals surface area contributed by atoms with Gasteiger partial charge in [-0.05, 0) is 79.1 Å². The lowest BCUT2D eigenvalue weighted by Gasteiger charge is -2.33. The van der Waals surface area contributed by atoms with Crippen LogP contribution in [0.25, 0.3) is 0 Å². The van der Waals surface area contributed by atoms with E-state index in [0.717, 1.165) is 50.0 Å². The first-order chi connectivity index (χ1) is 21.1. The molecule has 0 spiro atoms. The molecule has 0 radical (unpaired) electrons. The lowest BCUT2D eigenvalue weighted by molar-refractivity contribution is 0.102. The Balaban J connectivity index is 1.11. The maximum Gasteiger partial charge on any atom is 0.259 e. The second-order valence-electron chi connectivity index (χ2n) is 10.5. The third kappa shape index (κ3) is 8.45. The lowest BCUT2D eigenvalue weighted by Crippen LogP contribution is -2.38. The van der Waals surface area contributed by atoms with Gasteiger partial charge < -0.3 is 20.1 Å². The first kappa shape index (κ1) is 30.8. The number of sulfonamides is 1. The van der Waals surface area contributed by atoms with E-state index in [1.807, 2.05) is 24.3 Å². The van der Waals surface area contributed by atoms with Crippen LogP contribution in [0.15, 0.2) is 85.1 Å². The van der Waals surface area contributed by atoms with Crippen molar-refractivity contribution in [3.05, 3.63) is 102 Å². The number of hydrogen-bond donors (Lipinski definition) is 3. The number of halogens is 1. The molecule has 3 N–H and O–H groups in total. The number of piperidine rings is 1. The molecule has 12 heteroatoms. The summed E-state index contributed by atoms with van der Waals surface area (Å²) in [5.74, 6) is 0.753. The molecule has 1 fully saturated rings. The van der Waals surface area contributed by atoms with Gasteiger partial charge in [-0.25, -0.2) is 17.8 Å². The van der Waals surface area contributed by atoms with Crippen molar-refractivity contribution in [3.8, 4) is 17.4 Å². The third-order valence-corrected chi connectivity index (χ3v) is 7.70. The molecule has 0 aliphatic carbocycles. The molecule has 44 heavy (non-hydrogen) atoms. The molecule has 4 aromatic rings. The van der Waals surface area contributed by atoms with Crippen molar-refractivity contribution < 1.29 is 27.1 Å². The standard InChI is InChI=1S/C32H34FN5O5S/c1-42-31-28(32(39)36-24-9-7-23(33)8-10-24)4-3-5-29(31)35-25-16-18-38(19-17-25)21-22-6-15-30(34-20-22)43-27-13-11-26(12-14-27)37-44(2,40)41/h3-15,20,25,35,37H,16-19,21H2,1-2H3,(H,36,39). The van der Waals surface area contributed by atoms with Crippen LogP contribution in [0.1, 0.15) is 28.8 Å². The van der Waals surface area contributed by atoms with Gasteiger partial charge in [0, 0.05) is 49.3 Å². The van der Waals surface area contributed by atoms with E-state index in [4.69, 9.17) is 9.47 Å². The average Bonchev–Trinajstić information content (AvgIpc) is 3.00. The van der Waals surface area contributed by atoms with Crippen LogP contribution in [0.4, 0.5) is 21.5 Å². The first-order valence-electron chi connectivity index (χ1n) is 14.1. The Morgan fingerprint density at radius 2 is 1.68 bits per heavy atom. The Morgan fingerprint density at radius 3 is 2.32 bits per heavy atom. The predicted molar refractivity (Wildman–Crippen MR) is 168 cm³/mol. The maximum absolute atomic E-state index is 13.2. The van der Waals surface area contributed by atoms with Crippen molar-refractivity contribution in [2.24, 2.45) is 0 Å². The van der Waals surface area contributed by atoms with Crippen molar-refractivity contribution in [1.29, 1.82) is 0 Å². The van der Waals surface area contributed by atoms with Gasteiger partial charge in [-0.2, -0.15) is 0 Å². The van der Waals surface area contributed by atoms with E-state index >= 15 is 0 Å². The Bertz CT molecular complexity index is 1680. The molecule has 1 aromatic heterocycles. The van der Waals surface area contributed by atoms with Crippen LogP contribution in [0.2, 0.25) is 0 Å². The summed E-state index contributed by atoms with van der Waals surface area (Å²) >= 11 is 0. The van der Waals surface area contributed by atoms with E-state index in [1.54, 1.807) is 36.5 Å². The molecule has 0 bridgehead atoms. The number of nitrogens with one attached hydrogen (secondary N) is 3. The fourth-order valence-corrected chi connectivity index (χ4v) is 5.55. The monoisotopic (exact) mass is 619 g/mol. The molecule has 5 rings (SSSR count). The molecule has 1 saturated heterocycles. The molecule has 1 amide bonds. The van der Waals surface area contributed by atoms with Crippen LogP contribution in [0.5, 0.6) is 17.4 Å². The van der Waals surface area contributed by atoms with E-state index in [2.05, 4.69) is 25.2 Å². The van der Waals surface area contributed by atoms with Gasteiger partial charge in [0.2, 0.25) is 15.9 Å².